The summed E-state index contributed by atoms with van der Waals surface area (Å²) in [5.41, 5.74) is 1.04. The number of hydrogen-bond donors (Lipinski definition) is 0. The van der Waals surface area contributed by atoms with Crippen LogP contribution in [0.1, 0.15) is 12.5 Å². The van der Waals surface area contributed by atoms with Gasteiger partial charge >= 0.3 is 5.97 Å². The van der Waals surface area contributed by atoms with E-state index in [9.17, 15) is 4.79 Å². The fraction of sp³-hybridized carbons (Fsp3) is 0.500. The van der Waals surface area contributed by atoms with E-state index in [1.165, 1.54) is 0 Å². The second-order valence-electron chi connectivity index (χ2n) is 4.86. The molecule has 0 amide bonds. The van der Waals surface area contributed by atoms with Crippen molar-refractivity contribution in [2.45, 2.75) is 13.5 Å². The number of benzene rings is 1. The van der Waals surface area contributed by atoms with E-state index in [0.717, 1.165) is 18.7 Å². The molecule has 0 aliphatic carbocycles. The van der Waals surface area contributed by atoms with E-state index in [0.29, 0.717) is 12.5 Å². The van der Waals surface area contributed by atoms with Crippen LogP contribution in [0.2, 0.25) is 0 Å². The van der Waals surface area contributed by atoms with Gasteiger partial charge in [0, 0.05) is 13.1 Å². The highest BCUT2D eigenvalue weighted by atomic mass is 16.5. The van der Waals surface area contributed by atoms with Crippen LogP contribution >= 0.6 is 0 Å². The molecule has 1 atom stereocenters. The maximum absolute atomic E-state index is 11.8. The van der Waals surface area contributed by atoms with E-state index in [1.807, 2.05) is 37.3 Å². The minimum absolute atomic E-state index is 0.00918. The van der Waals surface area contributed by atoms with Gasteiger partial charge in [0.15, 0.2) is 0 Å². The van der Waals surface area contributed by atoms with Gasteiger partial charge in [-0.25, -0.2) is 0 Å². The summed E-state index contributed by atoms with van der Waals surface area (Å²) in [4.78, 5) is 14.0. The molecular weight excluding hydrogens is 214 g/mol. The number of carbonyl (C=O) groups is 1. The van der Waals surface area contributed by atoms with Gasteiger partial charge < -0.3 is 9.64 Å². The van der Waals surface area contributed by atoms with Gasteiger partial charge in [-0.05, 0) is 18.5 Å². The van der Waals surface area contributed by atoms with Crippen molar-refractivity contribution in [2.24, 2.45) is 11.8 Å². The first-order valence-electron chi connectivity index (χ1n) is 6.06. The average molecular weight is 233 g/mol. The Morgan fingerprint density at radius 3 is 2.65 bits per heavy atom. The van der Waals surface area contributed by atoms with Gasteiger partial charge in [-0.2, -0.15) is 0 Å². The van der Waals surface area contributed by atoms with Crippen molar-refractivity contribution in [1.82, 2.24) is 4.90 Å². The van der Waals surface area contributed by atoms with Crippen molar-refractivity contribution in [3.63, 3.8) is 0 Å². The molecule has 1 aromatic carbocycles. The molecule has 0 radical (unpaired) electrons. The van der Waals surface area contributed by atoms with Gasteiger partial charge in [-0.1, -0.05) is 37.3 Å². The van der Waals surface area contributed by atoms with Gasteiger partial charge in [0.25, 0.3) is 0 Å². The summed E-state index contributed by atoms with van der Waals surface area (Å²) in [7, 11) is 2.07. The third-order valence-corrected chi connectivity index (χ3v) is 3.40. The topological polar surface area (TPSA) is 29.5 Å². The van der Waals surface area contributed by atoms with Gasteiger partial charge in [-0.3, -0.25) is 4.79 Å². The molecule has 17 heavy (non-hydrogen) atoms. The maximum atomic E-state index is 11.8. The van der Waals surface area contributed by atoms with E-state index in [4.69, 9.17) is 4.74 Å². The van der Waals surface area contributed by atoms with Crippen LogP contribution in [0.25, 0.3) is 0 Å². The molecule has 0 saturated carbocycles. The number of rotatable bonds is 4. The second-order valence-corrected chi connectivity index (χ2v) is 4.86. The lowest BCUT2D eigenvalue weighted by Gasteiger charge is -2.38. The lowest BCUT2D eigenvalue weighted by atomic mass is 9.87. The predicted molar refractivity (Wildman–Crippen MR) is 66.4 cm³/mol. The third kappa shape index (κ3) is 3.07. The van der Waals surface area contributed by atoms with E-state index in [2.05, 4.69) is 11.9 Å². The molecule has 3 nitrogen and oxygen atoms in total. The Bertz CT molecular complexity index is 371. The maximum Gasteiger partial charge on any atom is 0.309 e. The summed E-state index contributed by atoms with van der Waals surface area (Å²) in [6.07, 6.45) is 0. The summed E-state index contributed by atoms with van der Waals surface area (Å²) in [6.45, 7) is 4.35. The minimum Gasteiger partial charge on any atom is -0.461 e. The number of ether oxygens (including phenoxy) is 1. The van der Waals surface area contributed by atoms with Crippen LogP contribution < -0.4 is 0 Å². The molecule has 1 heterocycles. The highest BCUT2D eigenvalue weighted by molar-refractivity contribution is 5.72. The standard InChI is InChI=1S/C14H19NO2/c1-11(13-8-15(2)9-13)14(16)17-10-12-6-4-3-5-7-12/h3-7,11,13H,8-10H2,1-2H3. The Morgan fingerprint density at radius 1 is 1.41 bits per heavy atom. The molecule has 1 aliphatic rings. The molecule has 0 bridgehead atoms. The molecule has 0 aromatic heterocycles. The first-order chi connectivity index (χ1) is 8.16. The Morgan fingerprint density at radius 2 is 2.06 bits per heavy atom. The van der Waals surface area contributed by atoms with E-state index in [1.54, 1.807) is 0 Å². The molecule has 1 fully saturated rings. The van der Waals surface area contributed by atoms with Gasteiger partial charge in [0.05, 0.1) is 5.92 Å². The zero-order valence-corrected chi connectivity index (χ0v) is 10.4. The zero-order chi connectivity index (χ0) is 12.3. The molecule has 1 saturated heterocycles. The number of hydrogen-bond acceptors (Lipinski definition) is 3. The van der Waals surface area contributed by atoms with E-state index < -0.39 is 0 Å². The average Bonchev–Trinajstić information content (AvgIpc) is 2.32. The number of likely N-dealkylation sites (tertiary alicyclic amines) is 1. The van der Waals surface area contributed by atoms with Crippen LogP contribution in [-0.2, 0) is 16.1 Å². The predicted octanol–water partition coefficient (Wildman–Crippen LogP) is 1.93. The van der Waals surface area contributed by atoms with Gasteiger partial charge in [-0.15, -0.1) is 0 Å². The second kappa shape index (κ2) is 5.32. The Labute approximate surface area is 102 Å². The molecule has 92 valence electrons. The van der Waals surface area contributed by atoms with Crippen LogP contribution in [0, 0.1) is 11.8 Å². The van der Waals surface area contributed by atoms with Crippen LogP contribution in [0.5, 0.6) is 0 Å². The van der Waals surface area contributed by atoms with Crippen LogP contribution in [0.4, 0.5) is 0 Å². The van der Waals surface area contributed by atoms with Crippen molar-refractivity contribution < 1.29 is 9.53 Å². The molecule has 0 N–H and O–H groups in total. The van der Waals surface area contributed by atoms with Crippen molar-refractivity contribution in [2.75, 3.05) is 20.1 Å². The molecule has 3 heteroatoms. The van der Waals surface area contributed by atoms with E-state index in [-0.39, 0.29) is 11.9 Å². The summed E-state index contributed by atoms with van der Waals surface area (Å²) < 4.78 is 5.32. The smallest absolute Gasteiger partial charge is 0.309 e. The van der Waals surface area contributed by atoms with Gasteiger partial charge in [0.1, 0.15) is 6.61 Å². The summed E-state index contributed by atoms with van der Waals surface area (Å²) in [5, 5.41) is 0. The summed E-state index contributed by atoms with van der Waals surface area (Å²) >= 11 is 0. The Kier molecular flexibility index (Phi) is 3.79. The molecule has 1 unspecified atom stereocenters. The van der Waals surface area contributed by atoms with E-state index >= 15 is 0 Å². The molecule has 1 aliphatic heterocycles. The first kappa shape index (κ1) is 12.1. The SMILES string of the molecule is CC(C(=O)OCc1ccccc1)C1CN(C)C1. The number of esters is 1. The minimum atomic E-state index is -0.0769. The van der Waals surface area contributed by atoms with Crippen LogP contribution in [0.15, 0.2) is 30.3 Å². The quantitative estimate of drug-likeness (QED) is 0.744. The highest BCUT2D eigenvalue weighted by Crippen LogP contribution is 2.23. The van der Waals surface area contributed by atoms with Crippen molar-refractivity contribution in [1.29, 1.82) is 0 Å². The van der Waals surface area contributed by atoms with Crippen molar-refractivity contribution in [3.8, 4) is 0 Å². The lowest BCUT2D eigenvalue weighted by Crippen LogP contribution is -2.48. The zero-order valence-electron chi connectivity index (χ0n) is 10.4. The monoisotopic (exact) mass is 233 g/mol. The molecular formula is C14H19NO2. The fourth-order valence-electron chi connectivity index (χ4n) is 2.12. The van der Waals surface area contributed by atoms with Crippen molar-refractivity contribution in [3.05, 3.63) is 35.9 Å². The lowest BCUT2D eigenvalue weighted by molar-refractivity contribution is -0.153. The van der Waals surface area contributed by atoms with Gasteiger partial charge in [0.2, 0.25) is 0 Å². The normalized spacial score (nSPS) is 18.5. The van der Waals surface area contributed by atoms with Crippen LogP contribution in [-0.4, -0.2) is 31.0 Å². The molecule has 0 spiro atoms. The first-order valence-corrected chi connectivity index (χ1v) is 6.06. The molecule has 1 aromatic rings. The van der Waals surface area contributed by atoms with Crippen LogP contribution in [0.3, 0.4) is 0 Å². The number of nitrogens with zero attached hydrogens (tertiary/aromatic N) is 1. The van der Waals surface area contributed by atoms with Crippen molar-refractivity contribution >= 4 is 5.97 Å². The summed E-state index contributed by atoms with van der Waals surface area (Å²) in [6, 6.07) is 9.79. The fourth-order valence-corrected chi connectivity index (χ4v) is 2.12. The summed E-state index contributed by atoms with van der Waals surface area (Å²) in [5.74, 6) is 0.394. The number of carbonyl (C=O) groups excluding carboxylic acids is 1. The third-order valence-electron chi connectivity index (χ3n) is 3.40. The Hall–Kier alpha value is -1.35. The Balaban J connectivity index is 1.77. The largest absolute Gasteiger partial charge is 0.461 e. The highest BCUT2D eigenvalue weighted by Gasteiger charge is 2.33. The molecule has 2 rings (SSSR count).